The fourth-order valence-corrected chi connectivity index (χ4v) is 1.04. The highest BCUT2D eigenvalue weighted by Crippen LogP contribution is 2.11. The zero-order valence-electron chi connectivity index (χ0n) is 6.77. The molecule has 0 spiro atoms. The van der Waals surface area contributed by atoms with E-state index in [1.54, 1.807) is 6.08 Å². The van der Waals surface area contributed by atoms with Crippen LogP contribution in [0.3, 0.4) is 0 Å². The lowest BCUT2D eigenvalue weighted by Gasteiger charge is -2.02. The van der Waals surface area contributed by atoms with Gasteiger partial charge in [0.1, 0.15) is 0 Å². The number of hydrogen-bond donors (Lipinski definition) is 2. The molecule has 0 aliphatic carbocycles. The Hall–Kier alpha value is -1.12. The average molecular weight is 164 g/mol. The van der Waals surface area contributed by atoms with Gasteiger partial charge in [-0.15, -0.1) is 0 Å². The number of aliphatic hydroxyl groups excluding tert-OH is 2. The fourth-order valence-electron chi connectivity index (χ4n) is 1.04. The van der Waals surface area contributed by atoms with Crippen LogP contribution < -0.4 is 0 Å². The topological polar surface area (TPSA) is 40.5 Å². The lowest BCUT2D eigenvalue weighted by atomic mass is 10.1. The zero-order chi connectivity index (χ0) is 8.81. The third-order valence-corrected chi connectivity index (χ3v) is 1.65. The van der Waals surface area contributed by atoms with Gasteiger partial charge in [-0.2, -0.15) is 0 Å². The van der Waals surface area contributed by atoms with Gasteiger partial charge in [-0.1, -0.05) is 36.4 Å². The molecule has 0 saturated heterocycles. The summed E-state index contributed by atoms with van der Waals surface area (Å²) in [6.07, 6.45) is 1.61. The van der Waals surface area contributed by atoms with E-state index in [4.69, 9.17) is 10.2 Å². The molecular formula is C10H12O2. The van der Waals surface area contributed by atoms with Gasteiger partial charge in [-0.05, 0) is 11.1 Å². The minimum atomic E-state index is -0.0371. The van der Waals surface area contributed by atoms with E-state index in [0.717, 1.165) is 11.1 Å². The molecule has 64 valence electrons. The van der Waals surface area contributed by atoms with Crippen LogP contribution in [0.1, 0.15) is 5.56 Å². The number of benzene rings is 1. The molecule has 2 nitrogen and oxygen atoms in total. The van der Waals surface area contributed by atoms with Crippen molar-refractivity contribution in [2.75, 3.05) is 13.2 Å². The molecule has 0 saturated carbocycles. The molecule has 0 aliphatic rings. The molecule has 0 unspecified atom stereocenters. The SMILES string of the molecule is OC/C=C(\CO)c1ccccc1. The molecule has 0 aliphatic heterocycles. The van der Waals surface area contributed by atoms with Crippen molar-refractivity contribution in [2.24, 2.45) is 0 Å². The third kappa shape index (κ3) is 2.19. The van der Waals surface area contributed by atoms with Crippen LogP contribution >= 0.6 is 0 Å². The Morgan fingerprint density at radius 2 is 1.83 bits per heavy atom. The molecule has 2 heteroatoms. The molecule has 0 aromatic heterocycles. The summed E-state index contributed by atoms with van der Waals surface area (Å²) in [5.74, 6) is 0. The van der Waals surface area contributed by atoms with Crippen molar-refractivity contribution in [3.05, 3.63) is 42.0 Å². The normalized spacial score (nSPS) is 11.7. The molecule has 12 heavy (non-hydrogen) atoms. The summed E-state index contributed by atoms with van der Waals surface area (Å²) in [6, 6.07) is 9.51. The van der Waals surface area contributed by atoms with Crippen LogP contribution in [0.4, 0.5) is 0 Å². The van der Waals surface area contributed by atoms with Gasteiger partial charge in [0.05, 0.1) is 13.2 Å². The highest BCUT2D eigenvalue weighted by molar-refractivity contribution is 5.65. The van der Waals surface area contributed by atoms with Crippen molar-refractivity contribution < 1.29 is 10.2 Å². The van der Waals surface area contributed by atoms with E-state index in [1.807, 2.05) is 30.3 Å². The monoisotopic (exact) mass is 164 g/mol. The Labute approximate surface area is 71.8 Å². The maximum atomic E-state index is 8.93. The van der Waals surface area contributed by atoms with Crippen LogP contribution in [0.2, 0.25) is 0 Å². The van der Waals surface area contributed by atoms with Crippen LogP contribution in [-0.2, 0) is 0 Å². The van der Waals surface area contributed by atoms with E-state index in [9.17, 15) is 0 Å². The number of rotatable bonds is 3. The van der Waals surface area contributed by atoms with E-state index >= 15 is 0 Å². The predicted octanol–water partition coefficient (Wildman–Crippen LogP) is 1.05. The van der Waals surface area contributed by atoms with Crippen molar-refractivity contribution in [3.8, 4) is 0 Å². The Morgan fingerprint density at radius 3 is 2.33 bits per heavy atom. The summed E-state index contributed by atoms with van der Waals surface area (Å²) in [4.78, 5) is 0. The standard InChI is InChI=1S/C10H12O2/c11-7-6-10(8-12)9-4-2-1-3-5-9/h1-6,11-12H,7-8H2/b10-6+. The van der Waals surface area contributed by atoms with Gasteiger partial charge in [-0.25, -0.2) is 0 Å². The van der Waals surface area contributed by atoms with Gasteiger partial charge >= 0.3 is 0 Å². The maximum absolute atomic E-state index is 8.93. The number of hydrogen-bond acceptors (Lipinski definition) is 2. The molecule has 0 amide bonds. The van der Waals surface area contributed by atoms with E-state index in [1.165, 1.54) is 0 Å². The smallest absolute Gasteiger partial charge is 0.0685 e. The fraction of sp³-hybridized carbons (Fsp3) is 0.200. The Kier molecular flexibility index (Phi) is 3.51. The first-order chi connectivity index (χ1) is 5.88. The van der Waals surface area contributed by atoms with Gasteiger partial charge < -0.3 is 10.2 Å². The second-order valence-corrected chi connectivity index (χ2v) is 2.44. The summed E-state index contributed by atoms with van der Waals surface area (Å²) >= 11 is 0. The second kappa shape index (κ2) is 4.70. The third-order valence-electron chi connectivity index (χ3n) is 1.65. The van der Waals surface area contributed by atoms with E-state index in [2.05, 4.69) is 0 Å². The quantitative estimate of drug-likeness (QED) is 0.701. The molecule has 0 atom stereocenters. The lowest BCUT2D eigenvalue weighted by molar-refractivity contribution is 0.334. The van der Waals surface area contributed by atoms with Crippen LogP contribution in [0.5, 0.6) is 0 Å². The molecule has 1 aromatic rings. The molecule has 0 heterocycles. The first-order valence-corrected chi connectivity index (χ1v) is 3.84. The molecule has 1 rings (SSSR count). The van der Waals surface area contributed by atoms with Crippen LogP contribution in [-0.4, -0.2) is 23.4 Å². The number of aliphatic hydroxyl groups is 2. The molecule has 0 bridgehead atoms. The molecule has 0 fully saturated rings. The van der Waals surface area contributed by atoms with Crippen molar-refractivity contribution in [1.82, 2.24) is 0 Å². The van der Waals surface area contributed by atoms with Gasteiger partial charge in [-0.3, -0.25) is 0 Å². The summed E-state index contributed by atoms with van der Waals surface area (Å²) in [7, 11) is 0. The van der Waals surface area contributed by atoms with Gasteiger partial charge in [0.2, 0.25) is 0 Å². The summed E-state index contributed by atoms with van der Waals surface area (Å²) in [6.45, 7) is -0.0740. The summed E-state index contributed by atoms with van der Waals surface area (Å²) in [5.41, 5.74) is 1.71. The van der Waals surface area contributed by atoms with Crippen molar-refractivity contribution >= 4 is 5.57 Å². The average Bonchev–Trinajstić information content (AvgIpc) is 2.15. The lowest BCUT2D eigenvalue weighted by Crippen LogP contribution is -1.91. The van der Waals surface area contributed by atoms with Gasteiger partial charge in [0, 0.05) is 0 Å². The molecule has 1 aromatic carbocycles. The van der Waals surface area contributed by atoms with E-state index in [-0.39, 0.29) is 13.2 Å². The second-order valence-electron chi connectivity index (χ2n) is 2.44. The van der Waals surface area contributed by atoms with E-state index < -0.39 is 0 Å². The Morgan fingerprint density at radius 1 is 1.17 bits per heavy atom. The highest BCUT2D eigenvalue weighted by atomic mass is 16.3. The molecular weight excluding hydrogens is 152 g/mol. The largest absolute Gasteiger partial charge is 0.392 e. The van der Waals surface area contributed by atoms with Crippen molar-refractivity contribution in [1.29, 1.82) is 0 Å². The van der Waals surface area contributed by atoms with Gasteiger partial charge in [0.25, 0.3) is 0 Å². The minimum Gasteiger partial charge on any atom is -0.392 e. The van der Waals surface area contributed by atoms with Gasteiger partial charge in [0.15, 0.2) is 0 Å². The molecule has 2 N–H and O–H groups in total. The van der Waals surface area contributed by atoms with Crippen LogP contribution in [0.15, 0.2) is 36.4 Å². The maximum Gasteiger partial charge on any atom is 0.0685 e. The minimum absolute atomic E-state index is 0.0369. The van der Waals surface area contributed by atoms with Crippen LogP contribution in [0.25, 0.3) is 5.57 Å². The molecule has 0 radical (unpaired) electrons. The van der Waals surface area contributed by atoms with E-state index in [0.29, 0.717) is 0 Å². The first kappa shape index (κ1) is 8.97. The zero-order valence-corrected chi connectivity index (χ0v) is 6.77. The Bertz CT molecular complexity index is 252. The van der Waals surface area contributed by atoms with Crippen LogP contribution in [0, 0.1) is 0 Å². The first-order valence-electron chi connectivity index (χ1n) is 3.84. The predicted molar refractivity (Wildman–Crippen MR) is 48.6 cm³/mol. The Balaban J connectivity index is 2.88. The summed E-state index contributed by atoms with van der Waals surface area (Å²) < 4.78 is 0. The summed E-state index contributed by atoms with van der Waals surface area (Å²) in [5, 5.41) is 17.6. The van der Waals surface area contributed by atoms with Crippen molar-refractivity contribution in [3.63, 3.8) is 0 Å². The van der Waals surface area contributed by atoms with Crippen molar-refractivity contribution in [2.45, 2.75) is 0 Å². The highest BCUT2D eigenvalue weighted by Gasteiger charge is 1.96.